The predicted molar refractivity (Wildman–Crippen MR) is 63.4 cm³/mol. The Morgan fingerprint density at radius 1 is 1.07 bits per heavy atom. The van der Waals surface area contributed by atoms with Crippen molar-refractivity contribution in [3.8, 4) is 0 Å². The Balaban J connectivity index is 1.97. The lowest BCUT2D eigenvalue weighted by molar-refractivity contribution is 1.06. The van der Waals surface area contributed by atoms with Gasteiger partial charge >= 0.3 is 0 Å². The van der Waals surface area contributed by atoms with E-state index in [0.29, 0.717) is 0 Å². The van der Waals surface area contributed by atoms with Gasteiger partial charge in [0.15, 0.2) is 0 Å². The van der Waals surface area contributed by atoms with Crippen LogP contribution in [-0.2, 0) is 0 Å². The normalized spacial score (nSPS) is 10.7. The van der Waals surface area contributed by atoms with Gasteiger partial charge in [-0.1, -0.05) is 42.1 Å². The third kappa shape index (κ3) is 3.22. The summed E-state index contributed by atoms with van der Waals surface area (Å²) in [5.74, 6) is 0. The third-order valence-corrected chi connectivity index (χ3v) is 2.51. The second-order valence-corrected chi connectivity index (χ2v) is 3.80. The molecule has 0 saturated carbocycles. The molecule has 0 atom stereocenters. The summed E-state index contributed by atoms with van der Waals surface area (Å²) in [5.41, 5.74) is 1.19. The molecular weight excluding hydrogens is 204 g/mol. The van der Waals surface area contributed by atoms with Crippen molar-refractivity contribution in [2.45, 2.75) is 5.03 Å². The van der Waals surface area contributed by atoms with Crippen molar-refractivity contribution in [3.05, 3.63) is 59.9 Å². The zero-order valence-electron chi connectivity index (χ0n) is 8.08. The highest BCUT2D eigenvalue weighted by atomic mass is 32.2. The van der Waals surface area contributed by atoms with Gasteiger partial charge in [0, 0.05) is 12.4 Å². The Hall–Kier alpha value is -1.61. The maximum Gasteiger partial charge on any atom is 0.118 e. The van der Waals surface area contributed by atoms with Crippen LogP contribution in [0.5, 0.6) is 0 Å². The van der Waals surface area contributed by atoms with E-state index in [0.717, 1.165) is 5.03 Å². The van der Waals surface area contributed by atoms with Gasteiger partial charge < -0.3 is 0 Å². The van der Waals surface area contributed by atoms with Crippen LogP contribution in [0.15, 0.2) is 59.4 Å². The highest BCUT2D eigenvalue weighted by molar-refractivity contribution is 8.02. The molecule has 0 amide bonds. The molecule has 0 bridgehead atoms. The van der Waals surface area contributed by atoms with E-state index in [1.165, 1.54) is 5.56 Å². The van der Waals surface area contributed by atoms with E-state index in [4.69, 9.17) is 0 Å². The summed E-state index contributed by atoms with van der Waals surface area (Å²) < 4.78 is 0. The standard InChI is InChI=1S/C12H10N2S/c1-2-4-11(5-3-1)6-9-15-12-10-13-7-8-14-12/h1-10H/b9-6+. The minimum atomic E-state index is 0.907. The first-order chi connectivity index (χ1) is 7.45. The summed E-state index contributed by atoms with van der Waals surface area (Å²) in [6, 6.07) is 10.2. The Kier molecular flexibility index (Phi) is 3.52. The second-order valence-electron chi connectivity index (χ2n) is 2.87. The molecule has 2 aromatic rings. The van der Waals surface area contributed by atoms with Gasteiger partial charge in [0.2, 0.25) is 0 Å². The maximum atomic E-state index is 4.16. The highest BCUT2D eigenvalue weighted by Crippen LogP contribution is 2.16. The molecule has 0 radical (unpaired) electrons. The van der Waals surface area contributed by atoms with Crippen LogP contribution in [0.1, 0.15) is 5.56 Å². The highest BCUT2D eigenvalue weighted by Gasteiger charge is 1.89. The number of benzene rings is 1. The quantitative estimate of drug-likeness (QED) is 0.733. The zero-order chi connectivity index (χ0) is 10.3. The Bertz CT molecular complexity index is 426. The number of nitrogens with zero attached hydrogens (tertiary/aromatic N) is 2. The first kappa shape index (κ1) is 9.93. The first-order valence-electron chi connectivity index (χ1n) is 4.59. The predicted octanol–water partition coefficient (Wildman–Crippen LogP) is 3.24. The fourth-order valence-electron chi connectivity index (χ4n) is 1.09. The molecule has 0 unspecified atom stereocenters. The van der Waals surface area contributed by atoms with Crippen molar-refractivity contribution in [2.24, 2.45) is 0 Å². The molecule has 0 saturated heterocycles. The van der Waals surface area contributed by atoms with E-state index in [2.05, 4.69) is 28.2 Å². The minimum absolute atomic E-state index is 0.907. The van der Waals surface area contributed by atoms with E-state index >= 15 is 0 Å². The first-order valence-corrected chi connectivity index (χ1v) is 5.47. The lowest BCUT2D eigenvalue weighted by atomic mass is 10.2. The summed E-state index contributed by atoms with van der Waals surface area (Å²) >= 11 is 1.56. The number of rotatable bonds is 3. The van der Waals surface area contributed by atoms with Crippen molar-refractivity contribution < 1.29 is 0 Å². The monoisotopic (exact) mass is 214 g/mol. The second kappa shape index (κ2) is 5.32. The Morgan fingerprint density at radius 3 is 2.67 bits per heavy atom. The summed E-state index contributed by atoms with van der Waals surface area (Å²) in [5, 5.41) is 2.92. The lowest BCUT2D eigenvalue weighted by Gasteiger charge is -1.93. The molecule has 0 aliphatic heterocycles. The van der Waals surface area contributed by atoms with E-state index in [1.54, 1.807) is 30.4 Å². The molecule has 74 valence electrons. The number of hydrogen-bond donors (Lipinski definition) is 0. The fraction of sp³-hybridized carbons (Fsp3) is 0. The van der Waals surface area contributed by atoms with E-state index in [9.17, 15) is 0 Å². The topological polar surface area (TPSA) is 25.8 Å². The molecule has 0 fully saturated rings. The molecule has 3 heteroatoms. The SMILES string of the molecule is C(=C\c1ccccc1)/Sc1cnccn1. The number of thioether (sulfide) groups is 1. The van der Waals surface area contributed by atoms with Gasteiger partial charge in [0.05, 0.1) is 6.20 Å². The van der Waals surface area contributed by atoms with Crippen LogP contribution < -0.4 is 0 Å². The van der Waals surface area contributed by atoms with Gasteiger partial charge in [-0.25, -0.2) is 4.98 Å². The van der Waals surface area contributed by atoms with Crippen LogP contribution in [0.3, 0.4) is 0 Å². The summed E-state index contributed by atoms with van der Waals surface area (Å²) in [6.45, 7) is 0. The van der Waals surface area contributed by atoms with Gasteiger partial charge in [0.25, 0.3) is 0 Å². The fourth-order valence-corrected chi connectivity index (χ4v) is 1.70. The molecule has 0 N–H and O–H groups in total. The summed E-state index contributed by atoms with van der Waals surface area (Å²) in [7, 11) is 0. The Labute approximate surface area is 93.1 Å². The lowest BCUT2D eigenvalue weighted by Crippen LogP contribution is -1.77. The average Bonchev–Trinajstić information content (AvgIpc) is 2.32. The van der Waals surface area contributed by atoms with Crippen LogP contribution in [0.25, 0.3) is 6.08 Å². The summed E-state index contributed by atoms with van der Waals surface area (Å²) in [4.78, 5) is 8.15. The van der Waals surface area contributed by atoms with Gasteiger partial charge in [-0.3, -0.25) is 4.98 Å². The molecule has 2 nitrogen and oxygen atoms in total. The van der Waals surface area contributed by atoms with Crippen molar-refractivity contribution in [1.29, 1.82) is 0 Å². The van der Waals surface area contributed by atoms with Crippen molar-refractivity contribution in [2.75, 3.05) is 0 Å². The van der Waals surface area contributed by atoms with Crippen molar-refractivity contribution in [1.82, 2.24) is 9.97 Å². The molecule has 15 heavy (non-hydrogen) atoms. The molecule has 0 aliphatic rings. The van der Waals surface area contributed by atoms with Crippen LogP contribution >= 0.6 is 11.8 Å². The van der Waals surface area contributed by atoms with Gasteiger partial charge in [-0.2, -0.15) is 0 Å². The minimum Gasteiger partial charge on any atom is -0.260 e. The van der Waals surface area contributed by atoms with Crippen LogP contribution in [-0.4, -0.2) is 9.97 Å². The number of hydrogen-bond acceptors (Lipinski definition) is 3. The zero-order valence-corrected chi connectivity index (χ0v) is 8.89. The van der Waals surface area contributed by atoms with E-state index in [1.807, 2.05) is 23.6 Å². The van der Waals surface area contributed by atoms with Gasteiger partial charge in [-0.15, -0.1) is 0 Å². The number of aromatic nitrogens is 2. The maximum absolute atomic E-state index is 4.16. The van der Waals surface area contributed by atoms with Crippen LogP contribution in [0.2, 0.25) is 0 Å². The Morgan fingerprint density at radius 2 is 1.93 bits per heavy atom. The molecule has 2 rings (SSSR count). The third-order valence-electron chi connectivity index (χ3n) is 1.79. The molecule has 0 aliphatic carbocycles. The average molecular weight is 214 g/mol. The van der Waals surface area contributed by atoms with Gasteiger partial charge in [0.1, 0.15) is 5.03 Å². The molecule has 0 spiro atoms. The van der Waals surface area contributed by atoms with Crippen LogP contribution in [0.4, 0.5) is 0 Å². The van der Waals surface area contributed by atoms with E-state index in [-0.39, 0.29) is 0 Å². The molecule has 1 aromatic heterocycles. The largest absolute Gasteiger partial charge is 0.260 e. The molecular formula is C12H10N2S. The smallest absolute Gasteiger partial charge is 0.118 e. The van der Waals surface area contributed by atoms with E-state index < -0.39 is 0 Å². The van der Waals surface area contributed by atoms with Gasteiger partial charge in [-0.05, 0) is 17.0 Å². The molecule has 1 heterocycles. The molecule has 1 aromatic carbocycles. The van der Waals surface area contributed by atoms with Crippen LogP contribution in [0, 0.1) is 0 Å². The van der Waals surface area contributed by atoms with Crippen molar-refractivity contribution in [3.63, 3.8) is 0 Å². The summed E-state index contributed by atoms with van der Waals surface area (Å²) in [6.07, 6.45) is 7.17. The van der Waals surface area contributed by atoms with Crippen molar-refractivity contribution >= 4 is 17.8 Å².